The third kappa shape index (κ3) is 5.14. The van der Waals surface area contributed by atoms with Crippen LogP contribution in [0.2, 0.25) is 0 Å². The Morgan fingerprint density at radius 3 is 2.97 bits per heavy atom. The van der Waals surface area contributed by atoms with Crippen LogP contribution in [0, 0.1) is 12.3 Å². The summed E-state index contributed by atoms with van der Waals surface area (Å²) in [5.74, 6) is -0.240. The van der Waals surface area contributed by atoms with E-state index in [2.05, 4.69) is 26.7 Å². The number of aryl methyl sites for hydroxylation is 1. The Labute approximate surface area is 190 Å². The molecule has 4 rings (SSSR count). The predicted octanol–water partition coefficient (Wildman–Crippen LogP) is 0.703. The molecule has 0 aliphatic carbocycles. The van der Waals surface area contributed by atoms with Gasteiger partial charge in [0, 0.05) is 35.5 Å². The highest BCUT2D eigenvalue weighted by atomic mass is 16.7. The van der Waals surface area contributed by atoms with Gasteiger partial charge in [-0.1, -0.05) is 18.2 Å². The molecule has 1 saturated heterocycles. The molecule has 33 heavy (non-hydrogen) atoms. The summed E-state index contributed by atoms with van der Waals surface area (Å²) in [4.78, 5) is 38.3. The second-order valence-electron chi connectivity index (χ2n) is 8.01. The van der Waals surface area contributed by atoms with Crippen LogP contribution in [0.15, 0.2) is 41.5 Å². The van der Waals surface area contributed by atoms with Gasteiger partial charge in [-0.25, -0.2) is 10.0 Å². The highest BCUT2D eigenvalue weighted by Gasteiger charge is 2.23. The number of hydrogen-bond donors (Lipinski definition) is 5. The zero-order valence-corrected chi connectivity index (χ0v) is 18.4. The fourth-order valence-electron chi connectivity index (χ4n) is 3.86. The first-order chi connectivity index (χ1) is 15.9. The number of para-hydroxylation sites is 1. The Morgan fingerprint density at radius 1 is 1.39 bits per heavy atom. The molecular formula is C22H28N8O3. The SMILES string of the molecule is Cc1cnc(NCCc2c[nH]c3ccccc23)c(=O)n1CC(=O)NC1CCN(C(=N)N)OC1. The summed E-state index contributed by atoms with van der Waals surface area (Å²) in [6.45, 7) is 2.80. The minimum atomic E-state index is -0.341. The number of nitrogens with two attached hydrogens (primary N) is 1. The molecule has 0 bridgehead atoms. The van der Waals surface area contributed by atoms with Gasteiger partial charge < -0.3 is 21.4 Å². The van der Waals surface area contributed by atoms with Crippen LogP contribution in [0.25, 0.3) is 10.9 Å². The van der Waals surface area contributed by atoms with Gasteiger partial charge >= 0.3 is 0 Å². The van der Waals surface area contributed by atoms with Gasteiger partial charge in [0.2, 0.25) is 11.9 Å². The second-order valence-corrected chi connectivity index (χ2v) is 8.01. The van der Waals surface area contributed by atoms with Gasteiger partial charge in [-0.2, -0.15) is 0 Å². The summed E-state index contributed by atoms with van der Waals surface area (Å²) < 4.78 is 1.40. The molecule has 1 fully saturated rings. The predicted molar refractivity (Wildman–Crippen MR) is 125 cm³/mol. The molecule has 2 aromatic heterocycles. The van der Waals surface area contributed by atoms with Crippen LogP contribution >= 0.6 is 0 Å². The maximum atomic E-state index is 12.9. The molecule has 1 aliphatic heterocycles. The van der Waals surface area contributed by atoms with E-state index in [4.69, 9.17) is 16.0 Å². The summed E-state index contributed by atoms with van der Waals surface area (Å²) in [5.41, 5.74) is 7.88. The van der Waals surface area contributed by atoms with E-state index in [1.807, 2.05) is 24.4 Å². The topological polar surface area (TPSA) is 154 Å². The number of guanidine groups is 1. The number of hydrogen-bond acceptors (Lipinski definition) is 6. The van der Waals surface area contributed by atoms with Crippen molar-refractivity contribution in [3.05, 3.63) is 58.3 Å². The van der Waals surface area contributed by atoms with Crippen molar-refractivity contribution in [2.75, 3.05) is 25.0 Å². The van der Waals surface area contributed by atoms with Crippen molar-refractivity contribution < 1.29 is 9.63 Å². The number of nitrogens with zero attached hydrogens (tertiary/aromatic N) is 3. The molecule has 3 heterocycles. The number of benzene rings is 1. The van der Waals surface area contributed by atoms with Crippen molar-refractivity contribution in [3.63, 3.8) is 0 Å². The summed E-state index contributed by atoms with van der Waals surface area (Å²) in [5, 5.41) is 15.8. The Kier molecular flexibility index (Phi) is 6.59. The van der Waals surface area contributed by atoms with Crippen LogP contribution in [0.4, 0.5) is 5.82 Å². The van der Waals surface area contributed by atoms with Crippen LogP contribution < -0.4 is 21.9 Å². The Balaban J connectivity index is 1.35. The lowest BCUT2D eigenvalue weighted by Crippen LogP contribution is -2.50. The highest BCUT2D eigenvalue weighted by Crippen LogP contribution is 2.18. The van der Waals surface area contributed by atoms with Gasteiger partial charge in [-0.15, -0.1) is 0 Å². The maximum absolute atomic E-state index is 12.9. The minimum Gasteiger partial charge on any atom is -0.368 e. The van der Waals surface area contributed by atoms with Crippen molar-refractivity contribution in [2.45, 2.75) is 32.4 Å². The van der Waals surface area contributed by atoms with Gasteiger partial charge in [0.05, 0.1) is 19.2 Å². The highest BCUT2D eigenvalue weighted by molar-refractivity contribution is 5.83. The van der Waals surface area contributed by atoms with Crippen molar-refractivity contribution in [3.8, 4) is 0 Å². The van der Waals surface area contributed by atoms with Crippen LogP contribution in [0.1, 0.15) is 17.7 Å². The number of H-pyrrole nitrogens is 1. The summed E-state index contributed by atoms with van der Waals surface area (Å²) in [7, 11) is 0. The van der Waals surface area contributed by atoms with Gasteiger partial charge in [-0.05, 0) is 31.4 Å². The molecular weight excluding hydrogens is 424 g/mol. The Bertz CT molecular complexity index is 1210. The Hall–Kier alpha value is -3.86. The zero-order valence-electron chi connectivity index (χ0n) is 18.4. The van der Waals surface area contributed by atoms with Crippen molar-refractivity contribution in [2.24, 2.45) is 5.73 Å². The lowest BCUT2D eigenvalue weighted by atomic mass is 10.1. The number of amides is 1. The number of nitrogens with one attached hydrogen (secondary N) is 4. The lowest BCUT2D eigenvalue weighted by Gasteiger charge is -2.31. The van der Waals surface area contributed by atoms with E-state index >= 15 is 0 Å². The van der Waals surface area contributed by atoms with Gasteiger partial charge in [0.15, 0.2) is 5.82 Å². The first kappa shape index (κ1) is 22.3. The molecule has 174 valence electrons. The van der Waals surface area contributed by atoms with E-state index < -0.39 is 0 Å². The van der Waals surface area contributed by atoms with Crippen LogP contribution in [-0.2, 0) is 22.6 Å². The van der Waals surface area contributed by atoms with E-state index in [9.17, 15) is 9.59 Å². The molecule has 6 N–H and O–H groups in total. The molecule has 1 atom stereocenters. The number of aromatic amines is 1. The van der Waals surface area contributed by atoms with Crippen LogP contribution in [-0.4, -0.2) is 57.2 Å². The minimum absolute atomic E-state index is 0.114. The molecule has 0 saturated carbocycles. The Morgan fingerprint density at radius 2 is 2.21 bits per heavy atom. The normalized spacial score (nSPS) is 16.0. The standard InChI is InChI=1S/C22H28N8O3/c1-14-10-27-20(25-8-6-15-11-26-18-5-3-2-4-17(15)18)21(32)29(14)12-19(31)28-16-7-9-30(22(23)24)33-13-16/h2-5,10-11,16,26H,6-9,12-13H2,1H3,(H3,23,24)(H,25,27)(H,28,31). The number of anilines is 1. The molecule has 11 nitrogen and oxygen atoms in total. The van der Waals surface area contributed by atoms with Crippen molar-refractivity contribution in [1.82, 2.24) is 24.9 Å². The van der Waals surface area contributed by atoms with E-state index in [1.165, 1.54) is 9.63 Å². The fourth-order valence-corrected chi connectivity index (χ4v) is 3.86. The first-order valence-electron chi connectivity index (χ1n) is 10.8. The molecule has 0 radical (unpaired) electrons. The summed E-state index contributed by atoms with van der Waals surface area (Å²) in [6.07, 6.45) is 4.87. The van der Waals surface area contributed by atoms with E-state index in [1.54, 1.807) is 13.1 Å². The number of carbonyl (C=O) groups is 1. The number of carbonyl (C=O) groups excluding carboxylic acids is 1. The number of hydroxylamine groups is 2. The van der Waals surface area contributed by atoms with Crippen LogP contribution in [0.5, 0.6) is 0 Å². The third-order valence-corrected chi connectivity index (χ3v) is 5.66. The summed E-state index contributed by atoms with van der Waals surface area (Å²) >= 11 is 0. The fraction of sp³-hybridized carbons (Fsp3) is 0.364. The quantitative estimate of drug-likeness (QED) is 0.261. The molecule has 1 amide bonds. The van der Waals surface area contributed by atoms with Gasteiger partial charge in [0.1, 0.15) is 6.54 Å². The second kappa shape index (κ2) is 9.74. The number of fused-ring (bicyclic) bond motifs is 1. The monoisotopic (exact) mass is 452 g/mol. The summed E-state index contributed by atoms with van der Waals surface area (Å²) in [6, 6.07) is 7.86. The maximum Gasteiger partial charge on any atom is 0.293 e. The van der Waals surface area contributed by atoms with Gasteiger partial charge in [0.25, 0.3) is 5.56 Å². The van der Waals surface area contributed by atoms with Gasteiger partial charge in [-0.3, -0.25) is 24.4 Å². The van der Waals surface area contributed by atoms with Crippen LogP contribution in [0.3, 0.4) is 0 Å². The van der Waals surface area contributed by atoms with Crippen molar-refractivity contribution in [1.29, 1.82) is 5.41 Å². The molecule has 1 aromatic carbocycles. The molecule has 1 unspecified atom stereocenters. The van der Waals surface area contributed by atoms with Crippen molar-refractivity contribution >= 4 is 28.6 Å². The average molecular weight is 453 g/mol. The molecule has 1 aliphatic rings. The smallest absolute Gasteiger partial charge is 0.293 e. The lowest BCUT2D eigenvalue weighted by molar-refractivity contribution is -0.143. The zero-order chi connectivity index (χ0) is 23.4. The average Bonchev–Trinajstić information content (AvgIpc) is 3.21. The molecule has 3 aromatic rings. The van der Waals surface area contributed by atoms with E-state index in [0.717, 1.165) is 22.9 Å². The third-order valence-electron chi connectivity index (χ3n) is 5.66. The number of rotatable bonds is 7. The molecule has 11 heteroatoms. The van der Waals surface area contributed by atoms with E-state index in [-0.39, 0.29) is 42.4 Å². The van der Waals surface area contributed by atoms with E-state index in [0.29, 0.717) is 25.2 Å². The first-order valence-corrected chi connectivity index (χ1v) is 10.8. The number of aromatic nitrogens is 3. The molecule has 0 spiro atoms. The largest absolute Gasteiger partial charge is 0.368 e.